The first-order valence-electron chi connectivity index (χ1n) is 7.90. The molecule has 5 heteroatoms. The van der Waals surface area contributed by atoms with Crippen LogP contribution in [0.3, 0.4) is 0 Å². The molecule has 0 aliphatic carbocycles. The van der Waals surface area contributed by atoms with Crippen molar-refractivity contribution in [2.75, 3.05) is 0 Å². The number of carbonyl (C=O) groups is 1. The van der Waals surface area contributed by atoms with Crippen molar-refractivity contribution in [2.24, 2.45) is 0 Å². The molecule has 0 unspecified atom stereocenters. The number of ether oxygens (including phenoxy) is 2. The van der Waals surface area contributed by atoms with Gasteiger partial charge in [-0.05, 0) is 45.4 Å². The molecular weight excluding hydrogens is 308 g/mol. The second kappa shape index (κ2) is 5.82. The van der Waals surface area contributed by atoms with E-state index in [4.69, 9.17) is 13.9 Å². The molecule has 3 rings (SSSR count). The van der Waals surface area contributed by atoms with Gasteiger partial charge in [-0.3, -0.25) is 0 Å². The molecule has 2 heterocycles. The molecule has 0 radical (unpaired) electrons. The normalized spacial score (nSPS) is 19.5. The van der Waals surface area contributed by atoms with Crippen LogP contribution in [0.1, 0.15) is 33.3 Å². The Balaban J connectivity index is 1.97. The zero-order valence-corrected chi connectivity index (χ0v) is 14.2. The van der Waals surface area contributed by atoms with E-state index >= 15 is 0 Å². The van der Waals surface area contributed by atoms with Crippen LogP contribution in [-0.4, -0.2) is 17.7 Å². The van der Waals surface area contributed by atoms with Crippen molar-refractivity contribution in [1.82, 2.24) is 0 Å². The smallest absolute Gasteiger partial charge is 0.336 e. The average molecular weight is 328 g/mol. The maximum atomic E-state index is 12.1. The summed E-state index contributed by atoms with van der Waals surface area (Å²) in [4.78, 5) is 23.5. The molecule has 126 valence electrons. The standard InChI is InChI=1S/C19H20O5/c1-5-11(2)18(21)23-16-9-13-8-12-6-7-17(20)22-14(12)10-15(13)24-19(16,3)4/h5-8,10,16H,9H2,1-4H3/t16-/m0/s1. The van der Waals surface area contributed by atoms with E-state index in [0.717, 1.165) is 10.9 Å². The van der Waals surface area contributed by atoms with Crippen LogP contribution >= 0.6 is 0 Å². The van der Waals surface area contributed by atoms with Gasteiger partial charge in [-0.2, -0.15) is 0 Å². The summed E-state index contributed by atoms with van der Waals surface area (Å²) in [6.45, 7) is 7.28. The van der Waals surface area contributed by atoms with Crippen molar-refractivity contribution in [2.45, 2.75) is 45.8 Å². The highest BCUT2D eigenvalue weighted by Crippen LogP contribution is 2.37. The summed E-state index contributed by atoms with van der Waals surface area (Å²) in [6, 6.07) is 6.73. The summed E-state index contributed by atoms with van der Waals surface area (Å²) in [6.07, 6.45) is 1.86. The third kappa shape index (κ3) is 2.94. The van der Waals surface area contributed by atoms with Crippen LogP contribution in [0.2, 0.25) is 0 Å². The number of esters is 1. The Morgan fingerprint density at radius 2 is 2.08 bits per heavy atom. The third-order valence-electron chi connectivity index (χ3n) is 4.36. The van der Waals surface area contributed by atoms with Crippen LogP contribution in [0.5, 0.6) is 5.75 Å². The summed E-state index contributed by atoms with van der Waals surface area (Å²) >= 11 is 0. The van der Waals surface area contributed by atoms with Crippen LogP contribution in [0.4, 0.5) is 0 Å². The predicted octanol–water partition coefficient (Wildman–Crippen LogP) is 3.38. The van der Waals surface area contributed by atoms with E-state index < -0.39 is 17.3 Å². The summed E-state index contributed by atoms with van der Waals surface area (Å²) in [5.41, 5.74) is 0.895. The van der Waals surface area contributed by atoms with Gasteiger partial charge in [0.05, 0.1) is 0 Å². The van der Waals surface area contributed by atoms with E-state index in [1.807, 2.05) is 19.9 Å². The van der Waals surface area contributed by atoms with Crippen LogP contribution < -0.4 is 10.4 Å². The lowest BCUT2D eigenvalue weighted by Crippen LogP contribution is -2.48. The van der Waals surface area contributed by atoms with Gasteiger partial charge in [0.15, 0.2) is 0 Å². The Bertz CT molecular complexity index is 888. The Kier molecular flexibility index (Phi) is 3.95. The van der Waals surface area contributed by atoms with Gasteiger partial charge in [0.25, 0.3) is 0 Å². The third-order valence-corrected chi connectivity index (χ3v) is 4.36. The molecule has 0 N–H and O–H groups in total. The van der Waals surface area contributed by atoms with E-state index in [1.165, 1.54) is 6.07 Å². The van der Waals surface area contributed by atoms with Crippen molar-refractivity contribution >= 4 is 16.9 Å². The molecule has 1 atom stereocenters. The van der Waals surface area contributed by atoms with Crippen LogP contribution in [0.15, 0.2) is 45.1 Å². The maximum Gasteiger partial charge on any atom is 0.336 e. The molecule has 0 spiro atoms. The van der Waals surface area contributed by atoms with Crippen molar-refractivity contribution in [3.8, 4) is 5.75 Å². The Morgan fingerprint density at radius 3 is 2.79 bits per heavy atom. The fraction of sp³-hybridized carbons (Fsp3) is 0.368. The second-order valence-corrected chi connectivity index (χ2v) is 6.53. The molecule has 1 aliphatic rings. The van der Waals surface area contributed by atoms with Crippen molar-refractivity contribution in [3.05, 3.63) is 51.9 Å². The summed E-state index contributed by atoms with van der Waals surface area (Å²) < 4.78 is 16.9. The van der Waals surface area contributed by atoms with E-state index in [-0.39, 0.29) is 5.97 Å². The van der Waals surface area contributed by atoms with Gasteiger partial charge in [-0.1, -0.05) is 6.08 Å². The minimum absolute atomic E-state index is 0.339. The second-order valence-electron chi connectivity index (χ2n) is 6.53. The van der Waals surface area contributed by atoms with Gasteiger partial charge in [0.2, 0.25) is 0 Å². The van der Waals surface area contributed by atoms with Crippen LogP contribution in [-0.2, 0) is 16.0 Å². The first kappa shape index (κ1) is 16.3. The lowest BCUT2D eigenvalue weighted by atomic mass is 9.90. The van der Waals surface area contributed by atoms with E-state index in [2.05, 4.69) is 0 Å². The molecule has 0 amide bonds. The molecule has 0 fully saturated rings. The van der Waals surface area contributed by atoms with Crippen molar-refractivity contribution in [1.29, 1.82) is 0 Å². The monoisotopic (exact) mass is 328 g/mol. The molecule has 0 saturated carbocycles. The number of hydrogen-bond donors (Lipinski definition) is 0. The summed E-state index contributed by atoms with van der Waals surface area (Å²) in [5.74, 6) is 0.311. The molecule has 2 aromatic rings. The van der Waals surface area contributed by atoms with Gasteiger partial charge >= 0.3 is 11.6 Å². The van der Waals surface area contributed by atoms with Crippen LogP contribution in [0.25, 0.3) is 11.0 Å². The fourth-order valence-electron chi connectivity index (χ4n) is 2.72. The highest BCUT2D eigenvalue weighted by atomic mass is 16.6. The Labute approximate surface area is 139 Å². The Hall–Kier alpha value is -2.56. The van der Waals surface area contributed by atoms with E-state index in [0.29, 0.717) is 23.3 Å². The maximum absolute atomic E-state index is 12.1. The zero-order chi connectivity index (χ0) is 17.5. The Morgan fingerprint density at radius 1 is 1.33 bits per heavy atom. The summed E-state index contributed by atoms with van der Waals surface area (Å²) in [7, 11) is 0. The first-order chi connectivity index (χ1) is 11.3. The van der Waals surface area contributed by atoms with Gasteiger partial charge in [-0.15, -0.1) is 0 Å². The topological polar surface area (TPSA) is 65.7 Å². The molecule has 1 aromatic carbocycles. The van der Waals surface area contributed by atoms with Crippen molar-refractivity contribution < 1.29 is 18.7 Å². The number of fused-ring (bicyclic) bond motifs is 2. The number of carbonyl (C=O) groups excluding carboxylic acids is 1. The molecule has 5 nitrogen and oxygen atoms in total. The molecule has 1 aromatic heterocycles. The lowest BCUT2D eigenvalue weighted by Gasteiger charge is -2.39. The highest BCUT2D eigenvalue weighted by Gasteiger charge is 2.40. The minimum atomic E-state index is -0.681. The first-order valence-corrected chi connectivity index (χ1v) is 7.90. The molecule has 0 bridgehead atoms. The van der Waals surface area contributed by atoms with E-state index in [9.17, 15) is 9.59 Å². The minimum Gasteiger partial charge on any atom is -0.484 e. The van der Waals surface area contributed by atoms with Crippen molar-refractivity contribution in [3.63, 3.8) is 0 Å². The highest BCUT2D eigenvalue weighted by molar-refractivity contribution is 5.88. The van der Waals surface area contributed by atoms with Gasteiger partial charge in [0, 0.05) is 29.5 Å². The van der Waals surface area contributed by atoms with Gasteiger partial charge in [0.1, 0.15) is 23.0 Å². The van der Waals surface area contributed by atoms with Crippen LogP contribution in [0, 0.1) is 0 Å². The van der Waals surface area contributed by atoms with Gasteiger partial charge in [-0.25, -0.2) is 9.59 Å². The van der Waals surface area contributed by atoms with E-state index in [1.54, 1.807) is 32.1 Å². The molecule has 24 heavy (non-hydrogen) atoms. The lowest BCUT2D eigenvalue weighted by molar-refractivity contribution is -0.156. The number of hydrogen-bond acceptors (Lipinski definition) is 5. The number of benzene rings is 1. The zero-order valence-electron chi connectivity index (χ0n) is 14.2. The summed E-state index contributed by atoms with van der Waals surface area (Å²) in [5, 5.41) is 0.811. The fourth-order valence-corrected chi connectivity index (χ4v) is 2.72. The van der Waals surface area contributed by atoms with Gasteiger partial charge < -0.3 is 13.9 Å². The SMILES string of the molecule is CC=C(C)C(=O)O[C@H]1Cc2cc3ccc(=O)oc3cc2OC1(C)C. The number of rotatable bonds is 2. The predicted molar refractivity (Wildman–Crippen MR) is 90.2 cm³/mol. The average Bonchev–Trinajstić information content (AvgIpc) is 2.52. The molecule has 0 saturated heterocycles. The number of allylic oxidation sites excluding steroid dienone is 1. The molecule has 1 aliphatic heterocycles. The largest absolute Gasteiger partial charge is 0.484 e. The molecular formula is C19H20O5. The quantitative estimate of drug-likeness (QED) is 0.480.